The van der Waals surface area contributed by atoms with Crippen LogP contribution in [0.25, 0.3) is 0 Å². The molecule has 0 spiro atoms. The van der Waals surface area contributed by atoms with Crippen molar-refractivity contribution >= 4 is 5.91 Å². The molecule has 0 aliphatic heterocycles. The normalized spacial score (nSPS) is 13.8. The van der Waals surface area contributed by atoms with Gasteiger partial charge in [0.1, 0.15) is 12.2 Å². The lowest BCUT2D eigenvalue weighted by Crippen LogP contribution is -2.53. The number of carbonyl (C=O) groups excluding carboxylic acids is 1. The molecule has 4 atom stereocenters. The van der Waals surface area contributed by atoms with Crippen molar-refractivity contribution in [3.8, 4) is 0 Å². The smallest absolute Gasteiger partial charge is 0.249 e. The first kappa shape index (κ1) is 65.8. The number of aliphatic hydroxyl groups is 4. The first-order valence-corrected chi connectivity index (χ1v) is 30.2. The van der Waals surface area contributed by atoms with E-state index in [2.05, 4.69) is 43.5 Å². The van der Waals surface area contributed by atoms with E-state index in [1.54, 1.807) is 0 Å². The Morgan fingerprint density at radius 2 is 0.612 bits per heavy atom. The molecule has 4 unspecified atom stereocenters. The van der Waals surface area contributed by atoms with Crippen molar-refractivity contribution in [2.24, 2.45) is 0 Å². The van der Waals surface area contributed by atoms with Gasteiger partial charge in [0.05, 0.1) is 18.8 Å². The highest BCUT2D eigenvalue weighted by molar-refractivity contribution is 5.80. The molecule has 0 radical (unpaired) electrons. The van der Waals surface area contributed by atoms with Crippen LogP contribution in [-0.4, -0.2) is 57.3 Å². The van der Waals surface area contributed by atoms with Crippen LogP contribution >= 0.6 is 0 Å². The molecule has 6 nitrogen and oxygen atoms in total. The third-order valence-corrected chi connectivity index (χ3v) is 14.4. The quantitative estimate of drug-likeness (QED) is 0.0308. The summed E-state index contributed by atoms with van der Waals surface area (Å²) in [5.41, 5.74) is 0. The molecule has 5 N–H and O–H groups in total. The van der Waals surface area contributed by atoms with Crippen LogP contribution in [-0.2, 0) is 4.79 Å². The number of hydrogen-bond donors (Lipinski definition) is 5. The first-order chi connectivity index (χ1) is 33.0. The molecule has 0 aromatic rings. The van der Waals surface area contributed by atoms with Gasteiger partial charge in [-0.3, -0.25) is 4.79 Å². The summed E-state index contributed by atoms with van der Waals surface area (Å²) in [5, 5.41) is 44.0. The van der Waals surface area contributed by atoms with Crippen LogP contribution in [0.3, 0.4) is 0 Å². The minimum atomic E-state index is -1.28. The highest BCUT2D eigenvalue weighted by atomic mass is 16.3. The number of carbonyl (C=O) groups is 1. The maximum Gasteiger partial charge on any atom is 0.249 e. The Hall–Kier alpha value is -1.21. The van der Waals surface area contributed by atoms with Crippen molar-refractivity contribution in [2.75, 3.05) is 6.61 Å². The van der Waals surface area contributed by atoms with E-state index in [4.69, 9.17) is 0 Å². The minimum absolute atomic E-state index is 0.366. The summed E-state index contributed by atoms with van der Waals surface area (Å²) in [6.07, 6.45) is 68.4. The SMILES string of the molecule is CCCCCCCCCCCCCC/C=C\CCCCCCCCCCCCCCCCCCC(O)C(=O)NC(CO)C(O)C(O)CCC/C=C/CCCCCCCCCCCCCCCC. The van der Waals surface area contributed by atoms with Gasteiger partial charge in [-0.2, -0.15) is 0 Å². The molecule has 0 bridgehead atoms. The fourth-order valence-electron chi connectivity index (χ4n) is 9.64. The van der Waals surface area contributed by atoms with E-state index in [0.717, 1.165) is 38.5 Å². The summed E-state index contributed by atoms with van der Waals surface area (Å²) in [5.74, 6) is -0.588. The topological polar surface area (TPSA) is 110 Å². The summed E-state index contributed by atoms with van der Waals surface area (Å²) in [6, 6.07) is -1.00. The molecule has 6 heteroatoms. The second-order valence-electron chi connectivity index (χ2n) is 21.0. The highest BCUT2D eigenvalue weighted by Gasteiger charge is 2.28. The Balaban J connectivity index is 3.58. The monoisotopic (exact) mass is 946 g/mol. The van der Waals surface area contributed by atoms with E-state index in [-0.39, 0.29) is 0 Å². The number of hydrogen-bond acceptors (Lipinski definition) is 5. The van der Waals surface area contributed by atoms with Gasteiger partial charge in [0.2, 0.25) is 5.91 Å². The summed E-state index contributed by atoms with van der Waals surface area (Å²) in [6.45, 7) is 4.08. The Kier molecular flexibility index (Phi) is 54.7. The van der Waals surface area contributed by atoms with Gasteiger partial charge >= 0.3 is 0 Å². The van der Waals surface area contributed by atoms with Crippen LogP contribution in [0, 0.1) is 0 Å². The molecule has 0 aliphatic carbocycles. The van der Waals surface area contributed by atoms with Gasteiger partial charge in [-0.15, -0.1) is 0 Å². The average Bonchev–Trinajstić information content (AvgIpc) is 3.33. The summed E-state index contributed by atoms with van der Waals surface area (Å²) in [4.78, 5) is 12.6. The molecule has 1 amide bonds. The van der Waals surface area contributed by atoms with Gasteiger partial charge < -0.3 is 25.7 Å². The van der Waals surface area contributed by atoms with E-state index in [1.807, 2.05) is 0 Å². The Morgan fingerprint density at radius 3 is 0.896 bits per heavy atom. The molecule has 0 aromatic heterocycles. The lowest BCUT2D eigenvalue weighted by molar-refractivity contribution is -0.132. The molecular weight excluding hydrogens is 827 g/mol. The molecule has 0 saturated carbocycles. The fourth-order valence-corrected chi connectivity index (χ4v) is 9.64. The number of unbranched alkanes of at least 4 members (excludes halogenated alkanes) is 43. The van der Waals surface area contributed by atoms with Gasteiger partial charge in [0.25, 0.3) is 0 Å². The zero-order chi connectivity index (χ0) is 48.8. The summed E-state index contributed by atoms with van der Waals surface area (Å²) in [7, 11) is 0. The molecule has 0 fully saturated rings. The van der Waals surface area contributed by atoms with Crippen LogP contribution in [0.2, 0.25) is 0 Å². The first-order valence-electron chi connectivity index (χ1n) is 30.2. The lowest BCUT2D eigenvalue weighted by atomic mass is 10.00. The molecular formula is C61H119NO5. The number of allylic oxidation sites excluding steroid dienone is 4. The van der Waals surface area contributed by atoms with Crippen molar-refractivity contribution in [3.05, 3.63) is 24.3 Å². The van der Waals surface area contributed by atoms with Crippen molar-refractivity contribution in [3.63, 3.8) is 0 Å². The van der Waals surface area contributed by atoms with Gasteiger partial charge in [-0.1, -0.05) is 289 Å². The van der Waals surface area contributed by atoms with Crippen LogP contribution in [0.4, 0.5) is 0 Å². The standard InChI is InChI=1S/C61H119NO5/c1-3-5-7-9-11-13-15-17-19-21-23-24-25-26-27-28-29-30-31-32-33-34-35-37-39-41-43-45-47-49-51-53-55-59(65)61(67)62-57(56-63)60(66)58(64)54-52-50-48-46-44-42-40-38-36-22-20-18-16-14-12-10-8-6-4-2/h26-27,46,48,57-60,63-66H,3-25,28-45,47,49-56H2,1-2H3,(H,62,67)/b27-26-,48-46+. The molecule has 0 saturated heterocycles. The maximum atomic E-state index is 12.6. The second kappa shape index (κ2) is 55.7. The number of aliphatic hydroxyl groups excluding tert-OH is 4. The van der Waals surface area contributed by atoms with Gasteiger partial charge in [-0.25, -0.2) is 0 Å². The predicted molar refractivity (Wildman–Crippen MR) is 293 cm³/mol. The van der Waals surface area contributed by atoms with E-state index >= 15 is 0 Å². The Bertz CT molecular complexity index is 1020. The van der Waals surface area contributed by atoms with Crippen molar-refractivity contribution < 1.29 is 25.2 Å². The van der Waals surface area contributed by atoms with E-state index in [1.165, 1.54) is 263 Å². The number of rotatable bonds is 56. The molecule has 0 heterocycles. The largest absolute Gasteiger partial charge is 0.394 e. The van der Waals surface area contributed by atoms with Crippen molar-refractivity contribution in [2.45, 2.75) is 353 Å². The van der Waals surface area contributed by atoms with E-state index < -0.39 is 36.9 Å². The molecule has 0 aromatic carbocycles. The van der Waals surface area contributed by atoms with Gasteiger partial charge in [0, 0.05) is 0 Å². The van der Waals surface area contributed by atoms with E-state index in [0.29, 0.717) is 12.8 Å². The highest BCUT2D eigenvalue weighted by Crippen LogP contribution is 2.18. The number of nitrogens with one attached hydrogen (secondary N) is 1. The third-order valence-electron chi connectivity index (χ3n) is 14.4. The Morgan fingerprint density at radius 1 is 0.358 bits per heavy atom. The molecule has 398 valence electrons. The average molecular weight is 947 g/mol. The molecule has 0 rings (SSSR count). The summed E-state index contributed by atoms with van der Waals surface area (Å²) < 4.78 is 0. The van der Waals surface area contributed by atoms with E-state index in [9.17, 15) is 25.2 Å². The Labute approximate surface area is 418 Å². The van der Waals surface area contributed by atoms with Crippen molar-refractivity contribution in [1.29, 1.82) is 0 Å². The van der Waals surface area contributed by atoms with Gasteiger partial charge in [0.15, 0.2) is 0 Å². The summed E-state index contributed by atoms with van der Waals surface area (Å²) >= 11 is 0. The van der Waals surface area contributed by atoms with Crippen LogP contribution in [0.5, 0.6) is 0 Å². The maximum absolute atomic E-state index is 12.6. The molecule has 67 heavy (non-hydrogen) atoms. The van der Waals surface area contributed by atoms with Crippen LogP contribution < -0.4 is 5.32 Å². The zero-order valence-corrected chi connectivity index (χ0v) is 45.2. The lowest BCUT2D eigenvalue weighted by Gasteiger charge is -2.27. The van der Waals surface area contributed by atoms with Gasteiger partial charge in [-0.05, 0) is 64.2 Å². The zero-order valence-electron chi connectivity index (χ0n) is 45.2. The van der Waals surface area contributed by atoms with Crippen LogP contribution in [0.1, 0.15) is 328 Å². The fraction of sp³-hybridized carbons (Fsp3) is 0.918. The predicted octanol–water partition coefficient (Wildman–Crippen LogP) is 17.8. The van der Waals surface area contributed by atoms with Crippen LogP contribution in [0.15, 0.2) is 24.3 Å². The second-order valence-corrected chi connectivity index (χ2v) is 21.0. The van der Waals surface area contributed by atoms with Crippen molar-refractivity contribution in [1.82, 2.24) is 5.32 Å². The number of amides is 1. The third kappa shape index (κ3) is 49.6. The minimum Gasteiger partial charge on any atom is -0.394 e. The molecule has 0 aliphatic rings.